The van der Waals surface area contributed by atoms with Gasteiger partial charge in [0, 0.05) is 4.91 Å². The highest BCUT2D eigenvalue weighted by Crippen LogP contribution is 2.16. The Morgan fingerprint density at radius 3 is 2.53 bits per heavy atom. The number of thioether (sulfide) groups is 1. The van der Waals surface area contributed by atoms with Crippen molar-refractivity contribution in [2.75, 3.05) is 5.75 Å². The lowest BCUT2D eigenvalue weighted by molar-refractivity contribution is -0.134. The number of carbonyl (C=O) groups is 2. The second-order valence-corrected chi connectivity index (χ2v) is 4.33. The van der Waals surface area contributed by atoms with E-state index < -0.39 is 12.0 Å². The first-order valence-corrected chi connectivity index (χ1v) is 5.38. The first-order chi connectivity index (χ1) is 6.97. The lowest BCUT2D eigenvalue weighted by atomic mass is 10.1. The minimum atomic E-state index is -1.06. The molecule has 1 N–H and O–H groups in total. The van der Waals surface area contributed by atoms with Gasteiger partial charge in [-0.05, 0) is 17.9 Å². The second kappa shape index (κ2) is 7.14. The van der Waals surface area contributed by atoms with Gasteiger partial charge in [0.15, 0.2) is 5.12 Å². The Kier molecular flexibility index (Phi) is 6.57. The van der Waals surface area contributed by atoms with Crippen molar-refractivity contribution in [3.8, 4) is 0 Å². The summed E-state index contributed by atoms with van der Waals surface area (Å²) < 4.78 is 0. The quantitative estimate of drug-likeness (QED) is 0.429. The predicted molar refractivity (Wildman–Crippen MR) is 57.5 cm³/mol. The topological polar surface area (TPSA) is 103 Å². The number of hydrogen-bond donors (Lipinski definition) is 1. The highest BCUT2D eigenvalue weighted by molar-refractivity contribution is 8.14. The van der Waals surface area contributed by atoms with Crippen LogP contribution in [0.25, 0.3) is 10.4 Å². The summed E-state index contributed by atoms with van der Waals surface area (Å²) in [7, 11) is 0. The Labute approximate surface area is 91.7 Å². The molecule has 0 fully saturated rings. The van der Waals surface area contributed by atoms with E-state index in [9.17, 15) is 9.59 Å². The van der Waals surface area contributed by atoms with Gasteiger partial charge in [-0.2, -0.15) is 0 Å². The fourth-order valence-corrected chi connectivity index (χ4v) is 1.53. The van der Waals surface area contributed by atoms with Crippen molar-refractivity contribution < 1.29 is 14.7 Å². The number of rotatable bonds is 6. The van der Waals surface area contributed by atoms with Crippen LogP contribution < -0.4 is 0 Å². The molecule has 0 saturated carbocycles. The molecule has 0 aromatic rings. The molecule has 0 rings (SSSR count). The van der Waals surface area contributed by atoms with Crippen LogP contribution in [0.3, 0.4) is 0 Å². The molecule has 0 amide bonds. The average Bonchev–Trinajstić information content (AvgIpc) is 2.12. The molecule has 0 aliphatic carbocycles. The van der Waals surface area contributed by atoms with Crippen molar-refractivity contribution in [1.82, 2.24) is 0 Å². The lowest BCUT2D eigenvalue weighted by Gasteiger charge is -2.10. The normalized spacial score (nSPS) is 11.9. The molecule has 84 valence electrons. The molecule has 0 saturated heterocycles. The standard InChI is InChI=1S/C8H13N3O3S/c1-5(2)3-6(10-11-9)8(14)15-4-7(12)13/h5-6H,3-4H2,1-2H3,(H,12,13)/t6-/m0/s1. The highest BCUT2D eigenvalue weighted by Gasteiger charge is 2.19. The predicted octanol–water partition coefficient (Wildman–Crippen LogP) is 2.06. The number of hydrogen-bond acceptors (Lipinski definition) is 4. The summed E-state index contributed by atoms with van der Waals surface area (Å²) >= 11 is 0.671. The fraction of sp³-hybridized carbons (Fsp3) is 0.750. The molecule has 0 aliphatic rings. The van der Waals surface area contributed by atoms with E-state index in [2.05, 4.69) is 10.0 Å². The summed E-state index contributed by atoms with van der Waals surface area (Å²) in [5.74, 6) is -1.14. The van der Waals surface area contributed by atoms with Crippen molar-refractivity contribution in [3.05, 3.63) is 10.4 Å². The molecule has 7 heteroatoms. The maximum absolute atomic E-state index is 11.4. The number of azide groups is 1. The van der Waals surface area contributed by atoms with Crippen molar-refractivity contribution in [2.45, 2.75) is 26.3 Å². The van der Waals surface area contributed by atoms with Crippen molar-refractivity contribution in [2.24, 2.45) is 11.0 Å². The molecule has 0 aromatic heterocycles. The molecule has 0 bridgehead atoms. The monoisotopic (exact) mass is 231 g/mol. The van der Waals surface area contributed by atoms with E-state index in [0.29, 0.717) is 18.2 Å². The van der Waals surface area contributed by atoms with Crippen molar-refractivity contribution in [3.63, 3.8) is 0 Å². The Hall–Kier alpha value is -1.20. The molecular weight excluding hydrogens is 218 g/mol. The SMILES string of the molecule is CC(C)C[C@H](N=[N+]=[N-])C(=O)SCC(=O)O. The van der Waals surface area contributed by atoms with Crippen LogP contribution in [0.4, 0.5) is 0 Å². The summed E-state index contributed by atoms with van der Waals surface area (Å²) in [6, 6.07) is -0.764. The van der Waals surface area contributed by atoms with E-state index in [4.69, 9.17) is 10.6 Å². The molecule has 15 heavy (non-hydrogen) atoms. The first-order valence-electron chi connectivity index (χ1n) is 4.40. The van der Waals surface area contributed by atoms with Gasteiger partial charge < -0.3 is 5.11 Å². The van der Waals surface area contributed by atoms with E-state index in [0.717, 1.165) is 0 Å². The Morgan fingerprint density at radius 1 is 1.53 bits per heavy atom. The first kappa shape index (κ1) is 13.8. The summed E-state index contributed by atoms with van der Waals surface area (Å²) in [5, 5.41) is 11.4. The van der Waals surface area contributed by atoms with Gasteiger partial charge in [0.1, 0.15) is 6.04 Å². The minimum Gasteiger partial charge on any atom is -0.481 e. The zero-order chi connectivity index (χ0) is 11.8. The van der Waals surface area contributed by atoms with Gasteiger partial charge in [-0.25, -0.2) is 0 Å². The Morgan fingerprint density at radius 2 is 2.13 bits per heavy atom. The van der Waals surface area contributed by atoms with E-state index in [-0.39, 0.29) is 16.8 Å². The maximum atomic E-state index is 11.4. The summed E-state index contributed by atoms with van der Waals surface area (Å²) in [5.41, 5.74) is 8.26. The number of carboxylic acids is 1. The van der Waals surface area contributed by atoms with Crippen molar-refractivity contribution >= 4 is 22.8 Å². The minimum absolute atomic E-state index is 0.217. The van der Waals surface area contributed by atoms with Crippen LogP contribution in [0.5, 0.6) is 0 Å². The smallest absolute Gasteiger partial charge is 0.313 e. The van der Waals surface area contributed by atoms with Gasteiger partial charge in [0.2, 0.25) is 0 Å². The van der Waals surface area contributed by atoms with Gasteiger partial charge in [-0.3, -0.25) is 9.59 Å². The zero-order valence-corrected chi connectivity index (χ0v) is 9.40. The lowest BCUT2D eigenvalue weighted by Crippen LogP contribution is -2.18. The number of aliphatic carboxylic acids is 1. The summed E-state index contributed by atoms with van der Waals surface area (Å²) in [6.07, 6.45) is 0.440. The van der Waals surface area contributed by atoms with Gasteiger partial charge in [0.05, 0.1) is 5.75 Å². The largest absolute Gasteiger partial charge is 0.481 e. The number of carbonyl (C=O) groups excluding carboxylic acids is 1. The maximum Gasteiger partial charge on any atom is 0.313 e. The number of nitrogens with zero attached hydrogens (tertiary/aromatic N) is 3. The van der Waals surface area contributed by atoms with E-state index >= 15 is 0 Å². The second-order valence-electron chi connectivity index (χ2n) is 3.35. The molecule has 0 radical (unpaired) electrons. The average molecular weight is 231 g/mol. The molecular formula is C8H13N3O3S. The molecule has 6 nitrogen and oxygen atoms in total. The van der Waals surface area contributed by atoms with Crippen LogP contribution in [0, 0.1) is 5.92 Å². The van der Waals surface area contributed by atoms with Crippen LogP contribution in [-0.2, 0) is 9.59 Å². The van der Waals surface area contributed by atoms with Crippen LogP contribution in [0.2, 0.25) is 0 Å². The van der Waals surface area contributed by atoms with Crippen LogP contribution in [0.1, 0.15) is 20.3 Å². The van der Waals surface area contributed by atoms with E-state index in [1.807, 2.05) is 13.8 Å². The fourth-order valence-electron chi connectivity index (χ4n) is 0.928. The Bertz CT molecular complexity index is 287. The van der Waals surface area contributed by atoms with E-state index in [1.165, 1.54) is 0 Å². The van der Waals surface area contributed by atoms with Crippen molar-refractivity contribution in [1.29, 1.82) is 0 Å². The third kappa shape index (κ3) is 6.82. The van der Waals surface area contributed by atoms with Crippen LogP contribution >= 0.6 is 11.8 Å². The molecule has 0 aliphatic heterocycles. The van der Waals surface area contributed by atoms with Crippen LogP contribution in [-0.4, -0.2) is 28.0 Å². The van der Waals surface area contributed by atoms with Gasteiger partial charge in [0.25, 0.3) is 0 Å². The molecule has 0 unspecified atom stereocenters. The van der Waals surface area contributed by atoms with Gasteiger partial charge >= 0.3 is 5.97 Å². The molecule has 1 atom stereocenters. The van der Waals surface area contributed by atoms with Gasteiger partial charge in [-0.15, -0.1) is 0 Å². The Balaban J connectivity index is 4.28. The van der Waals surface area contributed by atoms with Gasteiger partial charge in [-0.1, -0.05) is 30.7 Å². The zero-order valence-electron chi connectivity index (χ0n) is 8.58. The third-order valence-electron chi connectivity index (χ3n) is 1.50. The molecule has 0 heterocycles. The highest BCUT2D eigenvalue weighted by atomic mass is 32.2. The molecule has 0 spiro atoms. The van der Waals surface area contributed by atoms with E-state index in [1.54, 1.807) is 0 Å². The third-order valence-corrected chi connectivity index (χ3v) is 2.44. The number of carboxylic acid groups (broad SMARTS) is 1. The molecule has 0 aromatic carbocycles. The van der Waals surface area contributed by atoms with Crippen LogP contribution in [0.15, 0.2) is 5.11 Å². The summed E-state index contributed by atoms with van der Waals surface area (Å²) in [6.45, 7) is 3.80. The summed E-state index contributed by atoms with van der Waals surface area (Å²) in [4.78, 5) is 24.2.